The van der Waals surface area contributed by atoms with E-state index in [0.717, 1.165) is 23.0 Å². The van der Waals surface area contributed by atoms with Crippen molar-refractivity contribution in [3.05, 3.63) is 17.3 Å². The van der Waals surface area contributed by atoms with Gasteiger partial charge < -0.3 is 0 Å². The number of pyridine rings is 1. The van der Waals surface area contributed by atoms with E-state index in [-0.39, 0.29) is 5.75 Å². The first-order valence-electron chi connectivity index (χ1n) is 9.76. The van der Waals surface area contributed by atoms with Crippen molar-refractivity contribution in [1.82, 2.24) is 4.98 Å². The number of hydrogen-bond donors (Lipinski definition) is 0. The average Bonchev–Trinajstić information content (AvgIpc) is 2.61. The standard InChI is InChI=1S/C7H7ClNO2S.3C4H9.Sn/c1-2-12(10,11)6-3-4-7(8)9-5-6;3*1-3-4-2;/h3-4H,2H2,1H3;3*1,3-4H2,2H3;. The molecule has 0 aliphatic heterocycles. The van der Waals surface area contributed by atoms with E-state index < -0.39 is 28.2 Å². The zero-order valence-electron chi connectivity index (χ0n) is 16.3. The monoisotopic (exact) mass is 495 g/mol. The summed E-state index contributed by atoms with van der Waals surface area (Å²) < 4.78 is 30.0. The van der Waals surface area contributed by atoms with Crippen molar-refractivity contribution in [2.24, 2.45) is 0 Å². The van der Waals surface area contributed by atoms with Crippen molar-refractivity contribution < 1.29 is 8.42 Å². The summed E-state index contributed by atoms with van der Waals surface area (Å²) in [6.45, 7) is 8.36. The molecular formula is C19H34ClNO2SSn. The molecule has 0 N–H and O–H groups in total. The number of unbranched alkanes of at least 4 members (excludes halogenated alkanes) is 3. The number of aromatic nitrogens is 1. The number of sulfone groups is 1. The summed E-state index contributed by atoms with van der Waals surface area (Å²) in [6.07, 6.45) is 6.95. The van der Waals surface area contributed by atoms with Crippen molar-refractivity contribution >= 4 is 43.5 Å². The summed E-state index contributed by atoms with van der Waals surface area (Å²) in [5.41, 5.74) is 0. The van der Waals surface area contributed by atoms with E-state index in [9.17, 15) is 8.42 Å². The number of halogens is 1. The Labute approximate surface area is 163 Å². The zero-order chi connectivity index (χ0) is 18.9. The molecule has 1 aromatic heterocycles. The van der Waals surface area contributed by atoms with Crippen LogP contribution in [0.2, 0.25) is 18.5 Å². The molecule has 0 saturated carbocycles. The van der Waals surface area contributed by atoms with Crippen LogP contribution in [-0.2, 0) is 9.84 Å². The van der Waals surface area contributed by atoms with E-state index in [1.165, 1.54) is 32.6 Å². The van der Waals surface area contributed by atoms with Gasteiger partial charge in [-0.05, 0) is 0 Å². The molecule has 0 fully saturated rings. The summed E-state index contributed by atoms with van der Waals surface area (Å²) in [4.78, 5) is 5.18. The van der Waals surface area contributed by atoms with E-state index in [0.29, 0.717) is 10.0 Å². The van der Waals surface area contributed by atoms with Crippen molar-refractivity contribution in [3.8, 4) is 0 Å². The average molecular weight is 495 g/mol. The Kier molecular flexibility index (Phi) is 10.3. The van der Waals surface area contributed by atoms with Crippen LogP contribution in [0.25, 0.3) is 0 Å². The molecule has 3 nitrogen and oxygen atoms in total. The molecular weight excluding hydrogens is 460 g/mol. The van der Waals surface area contributed by atoms with E-state index in [1.807, 2.05) is 0 Å². The second-order valence-corrected chi connectivity index (χ2v) is 22.6. The van der Waals surface area contributed by atoms with Crippen LogP contribution in [-0.4, -0.2) is 37.5 Å². The molecule has 1 aromatic rings. The van der Waals surface area contributed by atoms with Gasteiger partial charge in [0.1, 0.15) is 0 Å². The summed E-state index contributed by atoms with van der Waals surface area (Å²) in [7, 11) is -3.27. The number of rotatable bonds is 12. The van der Waals surface area contributed by atoms with Gasteiger partial charge in [-0.2, -0.15) is 0 Å². The fourth-order valence-electron chi connectivity index (χ4n) is 3.48. The van der Waals surface area contributed by atoms with Gasteiger partial charge in [0, 0.05) is 0 Å². The molecule has 6 heteroatoms. The zero-order valence-corrected chi connectivity index (χ0v) is 20.7. The molecule has 0 unspecified atom stereocenters. The van der Waals surface area contributed by atoms with Crippen LogP contribution >= 0.6 is 11.6 Å². The van der Waals surface area contributed by atoms with Gasteiger partial charge in [-0.25, -0.2) is 0 Å². The molecule has 144 valence electrons. The normalized spacial score (nSPS) is 12.5. The van der Waals surface area contributed by atoms with E-state index in [2.05, 4.69) is 20.8 Å². The molecule has 0 saturated heterocycles. The second-order valence-electron chi connectivity index (χ2n) is 6.98. The minimum atomic E-state index is -3.27. The Bertz CT molecular complexity index is 613. The molecule has 0 amide bonds. The fraction of sp³-hybridized carbons (Fsp3) is 0.737. The van der Waals surface area contributed by atoms with Crippen molar-refractivity contribution in [3.63, 3.8) is 0 Å². The molecule has 1 heterocycles. The van der Waals surface area contributed by atoms with E-state index >= 15 is 0 Å². The Morgan fingerprint density at radius 2 is 1.40 bits per heavy atom. The van der Waals surface area contributed by atoms with Crippen LogP contribution in [0.5, 0.6) is 0 Å². The first-order valence-corrected chi connectivity index (χ1v) is 19.3. The van der Waals surface area contributed by atoms with Gasteiger partial charge in [0.2, 0.25) is 0 Å². The van der Waals surface area contributed by atoms with Crippen LogP contribution in [0.3, 0.4) is 0 Å². The molecule has 0 radical (unpaired) electrons. The number of hydrogen-bond acceptors (Lipinski definition) is 3. The second kappa shape index (κ2) is 11.1. The van der Waals surface area contributed by atoms with E-state index in [4.69, 9.17) is 16.6 Å². The van der Waals surface area contributed by atoms with Crippen LogP contribution in [0.1, 0.15) is 66.2 Å². The van der Waals surface area contributed by atoms with Crippen LogP contribution in [0.15, 0.2) is 17.0 Å². The molecule has 25 heavy (non-hydrogen) atoms. The molecule has 1 rings (SSSR count). The van der Waals surface area contributed by atoms with Gasteiger partial charge in [0.25, 0.3) is 0 Å². The summed E-state index contributed by atoms with van der Waals surface area (Å²) in [5, 5.41) is 0.440. The van der Waals surface area contributed by atoms with E-state index in [1.54, 1.807) is 19.1 Å². The minimum absolute atomic E-state index is 0.126. The van der Waals surface area contributed by atoms with Crippen LogP contribution in [0.4, 0.5) is 0 Å². The maximum atomic E-state index is 12.8. The first kappa shape index (κ1) is 23.2. The van der Waals surface area contributed by atoms with Gasteiger partial charge in [-0.3, -0.25) is 0 Å². The van der Waals surface area contributed by atoms with Gasteiger partial charge in [-0.15, -0.1) is 0 Å². The number of nitrogens with zero attached hydrogens (tertiary/aromatic N) is 1. The van der Waals surface area contributed by atoms with Gasteiger partial charge >= 0.3 is 164 Å². The van der Waals surface area contributed by atoms with Crippen molar-refractivity contribution in [2.75, 3.05) is 5.75 Å². The molecule has 0 atom stereocenters. The molecule has 0 aromatic carbocycles. The third-order valence-electron chi connectivity index (χ3n) is 5.07. The summed E-state index contributed by atoms with van der Waals surface area (Å²) >= 11 is 3.30. The Morgan fingerprint density at radius 3 is 1.80 bits per heavy atom. The maximum absolute atomic E-state index is 12.8. The van der Waals surface area contributed by atoms with Gasteiger partial charge in [0.15, 0.2) is 0 Å². The van der Waals surface area contributed by atoms with Crippen molar-refractivity contribution in [1.29, 1.82) is 0 Å². The molecule has 0 aliphatic carbocycles. The third kappa shape index (κ3) is 6.38. The topological polar surface area (TPSA) is 47.0 Å². The van der Waals surface area contributed by atoms with Crippen molar-refractivity contribution in [2.45, 2.75) is 84.4 Å². The predicted molar refractivity (Wildman–Crippen MR) is 112 cm³/mol. The summed E-state index contributed by atoms with van der Waals surface area (Å²) in [5.74, 6) is 0.126. The first-order chi connectivity index (χ1) is 11.9. The molecule has 0 bridgehead atoms. The SMILES string of the molecule is CCC[CH2][Sn]([CH2]CCC)([CH2]CCC)[c]1nc(Cl)ccc1S(=O)(=O)CC. The molecule has 0 spiro atoms. The Morgan fingerprint density at radius 1 is 0.920 bits per heavy atom. The van der Waals surface area contributed by atoms with Crippen LogP contribution < -0.4 is 3.71 Å². The van der Waals surface area contributed by atoms with Crippen LogP contribution in [0, 0.1) is 0 Å². The molecule has 0 aliphatic rings. The third-order valence-corrected chi connectivity index (χ3v) is 22.7. The summed E-state index contributed by atoms with van der Waals surface area (Å²) in [6, 6.07) is 3.36. The predicted octanol–water partition coefficient (Wildman–Crippen LogP) is 5.58. The fourth-order valence-corrected chi connectivity index (χ4v) is 23.3. The van der Waals surface area contributed by atoms with Gasteiger partial charge in [0.05, 0.1) is 0 Å². The Balaban J connectivity index is 3.57. The van der Waals surface area contributed by atoms with Gasteiger partial charge in [-0.1, -0.05) is 0 Å². The Hall–Kier alpha value is 0.189. The quantitative estimate of drug-likeness (QED) is 0.281.